The van der Waals surface area contributed by atoms with Gasteiger partial charge in [-0.2, -0.15) is 5.10 Å². The van der Waals surface area contributed by atoms with Gasteiger partial charge in [0, 0.05) is 24.2 Å². The minimum atomic E-state index is -0.468. The molecule has 29 heavy (non-hydrogen) atoms. The Labute approximate surface area is 167 Å². The highest BCUT2D eigenvalue weighted by Gasteiger charge is 2.26. The van der Waals surface area contributed by atoms with E-state index in [1.807, 2.05) is 19.9 Å². The van der Waals surface area contributed by atoms with Gasteiger partial charge in [-0.05, 0) is 55.7 Å². The molecule has 0 radical (unpaired) electrons. The van der Waals surface area contributed by atoms with Crippen LogP contribution in [0.3, 0.4) is 0 Å². The summed E-state index contributed by atoms with van der Waals surface area (Å²) in [4.78, 5) is 13.6. The van der Waals surface area contributed by atoms with Crippen LogP contribution in [0.4, 0.5) is 4.39 Å². The van der Waals surface area contributed by atoms with Gasteiger partial charge < -0.3 is 9.15 Å². The fourth-order valence-electron chi connectivity index (χ4n) is 3.51. The molecule has 0 saturated carbocycles. The SMILES string of the molecule is COc1cc(C(=O)c2c(-c3cnn(C)c3)oc3c(F)c(C)ccc23)cc(C)c1C. The molecular formula is C23H21FN2O3. The Kier molecular flexibility index (Phi) is 4.49. The summed E-state index contributed by atoms with van der Waals surface area (Å²) in [7, 11) is 3.34. The monoisotopic (exact) mass is 392 g/mol. The number of methoxy groups -OCH3 is 1. The third-order valence-electron chi connectivity index (χ3n) is 5.29. The van der Waals surface area contributed by atoms with E-state index in [1.165, 1.54) is 0 Å². The Morgan fingerprint density at radius 1 is 1.17 bits per heavy atom. The van der Waals surface area contributed by atoms with Gasteiger partial charge in [-0.1, -0.05) is 6.07 Å². The van der Waals surface area contributed by atoms with Crippen LogP contribution in [0.1, 0.15) is 32.6 Å². The Morgan fingerprint density at radius 2 is 1.93 bits per heavy atom. The van der Waals surface area contributed by atoms with E-state index in [1.54, 1.807) is 56.4 Å². The van der Waals surface area contributed by atoms with E-state index in [0.717, 1.165) is 11.1 Å². The number of rotatable bonds is 4. The number of carbonyl (C=O) groups is 1. The second-order valence-electron chi connectivity index (χ2n) is 7.23. The molecule has 2 aromatic heterocycles. The van der Waals surface area contributed by atoms with Crippen molar-refractivity contribution in [1.82, 2.24) is 9.78 Å². The van der Waals surface area contributed by atoms with Crippen LogP contribution < -0.4 is 4.74 Å². The zero-order valence-corrected chi connectivity index (χ0v) is 17.0. The molecule has 0 bridgehead atoms. The van der Waals surface area contributed by atoms with E-state index < -0.39 is 5.82 Å². The highest BCUT2D eigenvalue weighted by Crippen LogP contribution is 2.37. The molecule has 4 rings (SSSR count). The number of ketones is 1. The van der Waals surface area contributed by atoms with E-state index in [2.05, 4.69) is 5.10 Å². The van der Waals surface area contributed by atoms with Crippen molar-refractivity contribution in [1.29, 1.82) is 0 Å². The zero-order valence-electron chi connectivity index (χ0n) is 17.0. The Balaban J connectivity index is 2.01. The predicted molar refractivity (Wildman–Crippen MR) is 109 cm³/mol. The van der Waals surface area contributed by atoms with Crippen molar-refractivity contribution >= 4 is 16.8 Å². The molecule has 0 N–H and O–H groups in total. The van der Waals surface area contributed by atoms with Crippen LogP contribution in [-0.2, 0) is 7.05 Å². The number of hydrogen-bond acceptors (Lipinski definition) is 4. The molecule has 0 atom stereocenters. The molecule has 0 amide bonds. The highest BCUT2D eigenvalue weighted by atomic mass is 19.1. The van der Waals surface area contributed by atoms with Gasteiger partial charge in [0.25, 0.3) is 0 Å². The van der Waals surface area contributed by atoms with E-state index in [9.17, 15) is 9.18 Å². The topological polar surface area (TPSA) is 57.3 Å². The number of nitrogens with zero attached hydrogens (tertiary/aromatic N) is 2. The number of fused-ring (bicyclic) bond motifs is 1. The molecule has 2 aromatic carbocycles. The highest BCUT2D eigenvalue weighted by molar-refractivity contribution is 6.19. The quantitative estimate of drug-likeness (QED) is 0.452. The van der Waals surface area contributed by atoms with E-state index in [-0.39, 0.29) is 11.4 Å². The summed E-state index contributed by atoms with van der Waals surface area (Å²) in [5.41, 5.74) is 3.82. The van der Waals surface area contributed by atoms with Crippen molar-refractivity contribution in [2.75, 3.05) is 7.11 Å². The molecule has 2 heterocycles. The molecule has 4 aromatic rings. The summed E-state index contributed by atoms with van der Waals surface area (Å²) >= 11 is 0. The van der Waals surface area contributed by atoms with Gasteiger partial charge in [-0.25, -0.2) is 4.39 Å². The molecule has 0 saturated heterocycles. The number of halogens is 1. The molecule has 0 fully saturated rings. The Bertz CT molecular complexity index is 1270. The minimum Gasteiger partial charge on any atom is -0.496 e. The van der Waals surface area contributed by atoms with Crippen LogP contribution in [0.5, 0.6) is 5.75 Å². The number of carbonyl (C=O) groups excluding carboxylic acids is 1. The van der Waals surface area contributed by atoms with Crippen LogP contribution in [0.15, 0.2) is 41.1 Å². The first-order valence-electron chi connectivity index (χ1n) is 9.22. The number of ether oxygens (including phenoxy) is 1. The van der Waals surface area contributed by atoms with Crippen LogP contribution in [0, 0.1) is 26.6 Å². The Morgan fingerprint density at radius 3 is 2.59 bits per heavy atom. The molecule has 0 aliphatic rings. The second-order valence-corrected chi connectivity index (χ2v) is 7.23. The molecule has 0 spiro atoms. The lowest BCUT2D eigenvalue weighted by Gasteiger charge is -2.10. The maximum atomic E-state index is 14.8. The van der Waals surface area contributed by atoms with Crippen LogP contribution in [-0.4, -0.2) is 22.7 Å². The Hall–Kier alpha value is -3.41. The molecule has 148 valence electrons. The first-order chi connectivity index (χ1) is 13.8. The lowest BCUT2D eigenvalue weighted by Crippen LogP contribution is -2.04. The third kappa shape index (κ3) is 3.01. The molecule has 6 heteroatoms. The van der Waals surface area contributed by atoms with E-state index >= 15 is 0 Å². The minimum absolute atomic E-state index is 0.0722. The fourth-order valence-corrected chi connectivity index (χ4v) is 3.51. The standard InChI is InChI=1S/C23H21FN2O3/c1-12-6-7-17-19(21(27)15-8-13(2)14(3)18(9-15)28-5)22(29-23(17)20(12)24)16-10-25-26(4)11-16/h6-11H,1-5H3. The van der Waals surface area contributed by atoms with Crippen molar-refractivity contribution in [3.63, 3.8) is 0 Å². The van der Waals surface area contributed by atoms with E-state index in [0.29, 0.717) is 39.1 Å². The summed E-state index contributed by atoms with van der Waals surface area (Å²) in [6.07, 6.45) is 3.33. The normalized spacial score (nSPS) is 11.2. The summed E-state index contributed by atoms with van der Waals surface area (Å²) < 4.78 is 27.7. The average Bonchev–Trinajstić information content (AvgIpc) is 3.30. The number of hydrogen-bond donors (Lipinski definition) is 0. The number of benzene rings is 2. The summed E-state index contributed by atoms with van der Waals surface area (Å²) in [6.45, 7) is 5.53. The first-order valence-corrected chi connectivity index (χ1v) is 9.22. The van der Waals surface area contributed by atoms with Gasteiger partial charge in [-0.15, -0.1) is 0 Å². The third-order valence-corrected chi connectivity index (χ3v) is 5.29. The van der Waals surface area contributed by atoms with Gasteiger partial charge >= 0.3 is 0 Å². The summed E-state index contributed by atoms with van der Waals surface area (Å²) in [6, 6.07) is 6.90. The molecule has 0 aliphatic heterocycles. The number of aromatic nitrogens is 2. The molecule has 0 unspecified atom stereocenters. The average molecular weight is 392 g/mol. The maximum Gasteiger partial charge on any atom is 0.197 e. The lowest BCUT2D eigenvalue weighted by atomic mass is 9.95. The smallest absolute Gasteiger partial charge is 0.197 e. The number of furan rings is 1. The number of aryl methyl sites for hydroxylation is 3. The van der Waals surface area contributed by atoms with E-state index in [4.69, 9.17) is 9.15 Å². The molecule has 0 aliphatic carbocycles. The van der Waals surface area contributed by atoms with Gasteiger partial charge in [0.1, 0.15) is 11.5 Å². The fraction of sp³-hybridized carbons (Fsp3) is 0.217. The molecule has 5 nitrogen and oxygen atoms in total. The van der Waals surface area contributed by atoms with Crippen molar-refractivity contribution < 1.29 is 18.3 Å². The van der Waals surface area contributed by atoms with Crippen molar-refractivity contribution in [3.05, 3.63) is 70.3 Å². The lowest BCUT2D eigenvalue weighted by molar-refractivity contribution is 0.104. The maximum absolute atomic E-state index is 14.8. The van der Waals surface area contributed by atoms with Crippen LogP contribution in [0.25, 0.3) is 22.3 Å². The van der Waals surface area contributed by atoms with Crippen LogP contribution in [0.2, 0.25) is 0 Å². The van der Waals surface area contributed by atoms with Gasteiger partial charge in [0.15, 0.2) is 17.2 Å². The second kappa shape index (κ2) is 6.88. The largest absolute Gasteiger partial charge is 0.496 e. The van der Waals surface area contributed by atoms with Crippen molar-refractivity contribution in [2.24, 2.45) is 7.05 Å². The van der Waals surface area contributed by atoms with Gasteiger partial charge in [-0.3, -0.25) is 9.48 Å². The van der Waals surface area contributed by atoms with Gasteiger partial charge in [0.05, 0.1) is 24.4 Å². The van der Waals surface area contributed by atoms with Crippen LogP contribution >= 0.6 is 0 Å². The molecular weight excluding hydrogens is 371 g/mol. The van der Waals surface area contributed by atoms with Crippen molar-refractivity contribution in [3.8, 4) is 17.1 Å². The predicted octanol–water partition coefficient (Wildman–Crippen LogP) is 5.14. The van der Waals surface area contributed by atoms with Gasteiger partial charge in [0.2, 0.25) is 0 Å². The zero-order chi connectivity index (χ0) is 20.9. The van der Waals surface area contributed by atoms with Crippen molar-refractivity contribution in [2.45, 2.75) is 20.8 Å². The first kappa shape index (κ1) is 18.9. The summed E-state index contributed by atoms with van der Waals surface area (Å²) in [5.74, 6) is 0.211. The summed E-state index contributed by atoms with van der Waals surface area (Å²) in [5, 5.41) is 4.60.